The van der Waals surface area contributed by atoms with Gasteiger partial charge in [-0.05, 0) is 29.7 Å². The Hall–Kier alpha value is -3.25. The van der Waals surface area contributed by atoms with E-state index < -0.39 is 21.8 Å². The Bertz CT molecular complexity index is 1260. The van der Waals surface area contributed by atoms with E-state index in [0.29, 0.717) is 10.7 Å². The van der Waals surface area contributed by atoms with E-state index in [-0.39, 0.29) is 33.6 Å². The second-order valence-electron chi connectivity index (χ2n) is 9.59. The van der Waals surface area contributed by atoms with Crippen molar-refractivity contribution in [3.63, 3.8) is 0 Å². The van der Waals surface area contributed by atoms with Gasteiger partial charge in [0.05, 0.1) is 12.0 Å². The molecule has 1 aromatic carbocycles. The highest BCUT2D eigenvalue weighted by atomic mass is 32.2. The van der Waals surface area contributed by atoms with E-state index in [0.717, 1.165) is 9.87 Å². The first kappa shape index (κ1) is 25.4. The number of sulfonamides is 1. The number of anilines is 3. The van der Waals surface area contributed by atoms with Crippen LogP contribution in [0.5, 0.6) is 5.75 Å². The number of phenols is 1. The van der Waals surface area contributed by atoms with Gasteiger partial charge in [0.25, 0.3) is 0 Å². The molecular weight excluding hydrogens is 462 g/mol. The molecule has 186 valence electrons. The smallest absolute Gasteiger partial charge is 0.367 e. The van der Waals surface area contributed by atoms with Gasteiger partial charge in [0.1, 0.15) is 26.8 Å². The average molecular weight is 495 g/mol. The summed E-state index contributed by atoms with van der Waals surface area (Å²) in [6.07, 6.45) is 1.70. The molecule has 0 fully saturated rings. The largest absolute Gasteiger partial charge is 0.504 e. The summed E-state index contributed by atoms with van der Waals surface area (Å²) in [5.41, 5.74) is 0.748. The molecule has 0 aliphatic carbocycles. The molecule has 0 radical (unpaired) electrons. The number of nitrogens with one attached hydrogen (secondary N) is 2. The summed E-state index contributed by atoms with van der Waals surface area (Å²) < 4.78 is 36.8. The fourth-order valence-electron chi connectivity index (χ4n) is 3.29. The lowest BCUT2D eigenvalue weighted by Gasteiger charge is -2.27. The minimum absolute atomic E-state index is 0.0297. The van der Waals surface area contributed by atoms with Crippen molar-refractivity contribution in [2.45, 2.75) is 51.5 Å². The minimum Gasteiger partial charge on any atom is -0.504 e. The fraction of sp³-hybridized carbons (Fsp3) is 0.455. The van der Waals surface area contributed by atoms with Crippen molar-refractivity contribution in [1.29, 1.82) is 0 Å². The predicted molar refractivity (Wildman–Crippen MR) is 125 cm³/mol. The van der Waals surface area contributed by atoms with Gasteiger partial charge < -0.3 is 20.0 Å². The first-order chi connectivity index (χ1) is 15.7. The number of rotatable bonds is 8. The maximum atomic E-state index is 12.5. The van der Waals surface area contributed by atoms with Crippen molar-refractivity contribution in [1.82, 2.24) is 9.46 Å². The topological polar surface area (TPSA) is 145 Å². The van der Waals surface area contributed by atoms with Gasteiger partial charge in [-0.15, -0.1) is 0 Å². The summed E-state index contributed by atoms with van der Waals surface area (Å²) in [6.45, 7) is 10.1. The van der Waals surface area contributed by atoms with E-state index in [1.807, 2.05) is 26.8 Å². The number of para-hydroxylation sites is 1. The molecule has 4 N–H and O–H groups in total. The summed E-state index contributed by atoms with van der Waals surface area (Å²) in [5.74, 6) is 0.534. The lowest BCUT2D eigenvalue weighted by atomic mass is 9.85. The van der Waals surface area contributed by atoms with Crippen molar-refractivity contribution >= 4 is 27.3 Å². The van der Waals surface area contributed by atoms with E-state index in [2.05, 4.69) is 29.6 Å². The van der Waals surface area contributed by atoms with E-state index in [1.165, 1.54) is 32.3 Å². The van der Waals surface area contributed by atoms with Gasteiger partial charge in [-0.1, -0.05) is 45.3 Å². The first-order valence-electron chi connectivity index (χ1n) is 10.7. The fourth-order valence-corrected chi connectivity index (χ4v) is 4.29. The Morgan fingerprint density at radius 2 is 1.88 bits per heavy atom. The molecule has 2 aromatic heterocycles. The number of hydrogen-bond acceptors (Lipinski definition) is 9. The van der Waals surface area contributed by atoms with Crippen LogP contribution >= 0.6 is 0 Å². The maximum absolute atomic E-state index is 12.5. The van der Waals surface area contributed by atoms with E-state index in [9.17, 15) is 18.7 Å². The zero-order valence-electron chi connectivity index (χ0n) is 20.3. The SMILES string of the molecule is CC(C)c1coc([C@H](Nc2c(Nc3cccc(S(=O)(=O)N(C)C)c3O)no[n+]2O)C(C)(C)C)c1. The molecule has 34 heavy (non-hydrogen) atoms. The van der Waals surface area contributed by atoms with Gasteiger partial charge in [-0.2, -0.15) is 0 Å². The molecule has 12 heteroatoms. The number of furan rings is 1. The van der Waals surface area contributed by atoms with Crippen molar-refractivity contribution in [3.8, 4) is 5.75 Å². The quantitative estimate of drug-likeness (QED) is 0.271. The predicted octanol–water partition coefficient (Wildman–Crippen LogP) is 3.81. The third kappa shape index (κ3) is 4.97. The molecule has 3 rings (SSSR count). The lowest BCUT2D eigenvalue weighted by Crippen LogP contribution is -2.35. The molecule has 0 aliphatic heterocycles. The molecule has 0 bridgehead atoms. The van der Waals surface area contributed by atoms with Crippen LogP contribution in [0.2, 0.25) is 0 Å². The van der Waals surface area contributed by atoms with Crippen molar-refractivity contribution in [2.24, 2.45) is 5.41 Å². The zero-order chi connectivity index (χ0) is 25.4. The standard InChI is InChI=1S/C22H31N5O6S/c1-13(2)14-11-16(32-12-14)19(22(3,4)5)24-21-20(25-33-27(21)29)23-15-9-8-10-17(18(15)28)34(30,31)26(6)7/h8-13,19,29H,1-7H3,(H2,23,24,25,28)/p+1/t19-/m0/s1. The number of aromatic hydroxyl groups is 1. The summed E-state index contributed by atoms with van der Waals surface area (Å²) in [6, 6.07) is 5.81. The summed E-state index contributed by atoms with van der Waals surface area (Å²) in [7, 11) is -1.15. The lowest BCUT2D eigenvalue weighted by molar-refractivity contribution is -1.03. The van der Waals surface area contributed by atoms with Gasteiger partial charge >= 0.3 is 11.6 Å². The van der Waals surface area contributed by atoms with Crippen molar-refractivity contribution < 1.29 is 32.7 Å². The Labute approximate surface area is 198 Å². The number of phenolic OH excluding ortho intramolecular Hbond substituents is 1. The highest BCUT2D eigenvalue weighted by molar-refractivity contribution is 7.89. The molecule has 3 aromatic rings. The molecule has 0 spiro atoms. The molecule has 1 atom stereocenters. The van der Waals surface area contributed by atoms with Crippen LogP contribution in [0.1, 0.15) is 57.9 Å². The molecule has 11 nitrogen and oxygen atoms in total. The van der Waals surface area contributed by atoms with Crippen LogP contribution in [0.4, 0.5) is 17.3 Å². The monoisotopic (exact) mass is 494 g/mol. The Balaban J connectivity index is 1.98. The molecule has 0 amide bonds. The van der Waals surface area contributed by atoms with Crippen molar-refractivity contribution in [3.05, 3.63) is 41.9 Å². The van der Waals surface area contributed by atoms with Crippen LogP contribution in [0, 0.1) is 5.41 Å². The molecule has 0 unspecified atom stereocenters. The highest BCUT2D eigenvalue weighted by Gasteiger charge is 2.37. The number of nitrogens with zero attached hydrogens (tertiary/aromatic N) is 3. The van der Waals surface area contributed by atoms with E-state index in [4.69, 9.17) is 9.05 Å². The van der Waals surface area contributed by atoms with Crippen molar-refractivity contribution in [2.75, 3.05) is 24.7 Å². The van der Waals surface area contributed by atoms with Crippen LogP contribution < -0.4 is 15.5 Å². The number of aromatic nitrogens is 2. The molecule has 0 aliphatic rings. The minimum atomic E-state index is -3.89. The molecular formula is C22H32N5O6S+. The van der Waals surface area contributed by atoms with Gasteiger partial charge in [-0.3, -0.25) is 5.32 Å². The second kappa shape index (κ2) is 9.18. The summed E-state index contributed by atoms with van der Waals surface area (Å²) in [4.78, 5) is 0.173. The van der Waals surface area contributed by atoms with Gasteiger partial charge in [-0.25, -0.2) is 12.7 Å². The third-order valence-electron chi connectivity index (χ3n) is 5.37. The number of hydrogen-bond donors (Lipinski definition) is 4. The van der Waals surface area contributed by atoms with Crippen LogP contribution in [-0.4, -0.2) is 42.3 Å². The average Bonchev–Trinajstić information content (AvgIpc) is 3.34. The highest BCUT2D eigenvalue weighted by Crippen LogP contribution is 2.39. The Kier molecular flexibility index (Phi) is 6.85. The van der Waals surface area contributed by atoms with Gasteiger partial charge in [0.15, 0.2) is 5.75 Å². The van der Waals surface area contributed by atoms with Crippen LogP contribution in [0.3, 0.4) is 0 Å². The summed E-state index contributed by atoms with van der Waals surface area (Å²) in [5, 5.41) is 30.8. The summed E-state index contributed by atoms with van der Waals surface area (Å²) >= 11 is 0. The van der Waals surface area contributed by atoms with Gasteiger partial charge in [0.2, 0.25) is 10.0 Å². The first-order valence-corrected chi connectivity index (χ1v) is 12.1. The van der Waals surface area contributed by atoms with Crippen LogP contribution in [0.15, 0.2) is 44.5 Å². The molecule has 0 saturated heterocycles. The maximum Gasteiger partial charge on any atom is 0.367 e. The molecule has 2 heterocycles. The number of benzene rings is 1. The Morgan fingerprint density at radius 3 is 2.44 bits per heavy atom. The van der Waals surface area contributed by atoms with Gasteiger partial charge in [0, 0.05) is 19.5 Å². The van der Waals surface area contributed by atoms with Crippen LogP contribution in [-0.2, 0) is 10.0 Å². The zero-order valence-corrected chi connectivity index (χ0v) is 21.1. The van der Waals surface area contributed by atoms with Crippen LogP contribution in [0.25, 0.3) is 0 Å². The molecule has 0 saturated carbocycles. The Morgan fingerprint density at radius 1 is 1.21 bits per heavy atom. The third-order valence-corrected chi connectivity index (χ3v) is 7.22. The van der Waals surface area contributed by atoms with E-state index in [1.54, 1.807) is 6.26 Å². The normalized spacial score (nSPS) is 13.4. The van der Waals surface area contributed by atoms with E-state index >= 15 is 0 Å². The second-order valence-corrected chi connectivity index (χ2v) is 11.7.